The highest BCUT2D eigenvalue weighted by molar-refractivity contribution is 8.01. The third-order valence-corrected chi connectivity index (χ3v) is 8.18. The van der Waals surface area contributed by atoms with Gasteiger partial charge >= 0.3 is 5.97 Å². The number of rotatable bonds is 7. The maximum Gasteiger partial charge on any atom is 0.352 e. The van der Waals surface area contributed by atoms with Crippen LogP contribution in [0.4, 0.5) is 0 Å². The molecule has 4 heterocycles. The van der Waals surface area contributed by atoms with Crippen LogP contribution in [-0.4, -0.2) is 70.4 Å². The van der Waals surface area contributed by atoms with Gasteiger partial charge in [0.1, 0.15) is 17.1 Å². The fraction of sp³-hybridized carbons (Fsp3) is 0.412. The standard InChI is InChI=1S/C17H18N6O4S3/c1-8-10(7-29-17-19-20-21-22(17)2)13(16(26)27)23-14(25)12(15(23)30-8)18-11(24)6-9-4-3-5-28-9/h3-5,8,12,15H,6-7H2,1-2H3,(H,18,24)(H,26,27)/t8-,12?,15-/m0/s1. The van der Waals surface area contributed by atoms with Crippen molar-refractivity contribution >= 4 is 52.6 Å². The molecule has 4 rings (SSSR count). The Balaban J connectivity index is 1.49. The Hall–Kier alpha value is -2.38. The van der Waals surface area contributed by atoms with Crippen LogP contribution in [0.2, 0.25) is 0 Å². The van der Waals surface area contributed by atoms with Crippen molar-refractivity contribution in [3.8, 4) is 0 Å². The van der Waals surface area contributed by atoms with Gasteiger partial charge in [-0.25, -0.2) is 9.48 Å². The third kappa shape index (κ3) is 3.84. The molecule has 2 aromatic heterocycles. The second kappa shape index (κ2) is 8.40. The summed E-state index contributed by atoms with van der Waals surface area (Å²) < 4.78 is 1.50. The number of hydrogen-bond donors (Lipinski definition) is 2. The Morgan fingerprint density at radius 1 is 1.40 bits per heavy atom. The molecule has 0 bridgehead atoms. The van der Waals surface area contributed by atoms with Gasteiger partial charge in [-0.15, -0.1) is 28.2 Å². The fourth-order valence-corrected chi connectivity index (χ4v) is 6.57. The van der Waals surface area contributed by atoms with Crippen LogP contribution in [0.1, 0.15) is 11.8 Å². The predicted octanol–water partition coefficient (Wildman–Crippen LogP) is 0.733. The monoisotopic (exact) mass is 466 g/mol. The molecule has 0 spiro atoms. The number of aromatic nitrogens is 4. The molecule has 2 aliphatic heterocycles. The summed E-state index contributed by atoms with van der Waals surface area (Å²) >= 11 is 4.25. The van der Waals surface area contributed by atoms with Crippen molar-refractivity contribution in [3.63, 3.8) is 0 Å². The minimum Gasteiger partial charge on any atom is -0.477 e. The number of nitrogens with one attached hydrogen (secondary N) is 1. The molecule has 1 unspecified atom stereocenters. The van der Waals surface area contributed by atoms with Gasteiger partial charge in [0.05, 0.1) is 6.42 Å². The molecule has 10 nitrogen and oxygen atoms in total. The summed E-state index contributed by atoms with van der Waals surface area (Å²) in [4.78, 5) is 39.3. The summed E-state index contributed by atoms with van der Waals surface area (Å²) in [5.74, 6) is -1.47. The number of carboxylic acids is 1. The molecule has 0 saturated carbocycles. The molecule has 158 valence electrons. The number of thioether (sulfide) groups is 2. The number of tetrazole rings is 1. The van der Waals surface area contributed by atoms with Crippen LogP contribution in [0.3, 0.4) is 0 Å². The Morgan fingerprint density at radius 2 is 2.20 bits per heavy atom. The third-order valence-electron chi connectivity index (χ3n) is 4.79. The van der Waals surface area contributed by atoms with Gasteiger partial charge in [0, 0.05) is 22.9 Å². The van der Waals surface area contributed by atoms with Crippen molar-refractivity contribution in [1.29, 1.82) is 0 Å². The molecule has 2 amide bonds. The summed E-state index contributed by atoms with van der Waals surface area (Å²) in [7, 11) is 1.70. The SMILES string of the molecule is C[C@@H]1S[C@H]2C(NC(=O)Cc3cccs3)C(=O)N2C(C(=O)O)=C1CSc1nnnn1C. The van der Waals surface area contributed by atoms with Crippen LogP contribution in [0.15, 0.2) is 33.9 Å². The van der Waals surface area contributed by atoms with E-state index in [0.29, 0.717) is 16.5 Å². The molecule has 1 fully saturated rings. The lowest BCUT2D eigenvalue weighted by molar-refractivity contribution is -0.150. The van der Waals surface area contributed by atoms with Crippen molar-refractivity contribution in [3.05, 3.63) is 33.7 Å². The van der Waals surface area contributed by atoms with Gasteiger partial charge in [-0.3, -0.25) is 14.5 Å². The smallest absolute Gasteiger partial charge is 0.352 e. The lowest BCUT2D eigenvalue weighted by Gasteiger charge is -2.51. The van der Waals surface area contributed by atoms with Crippen LogP contribution >= 0.6 is 34.9 Å². The lowest BCUT2D eigenvalue weighted by atomic mass is 10.0. The van der Waals surface area contributed by atoms with E-state index in [-0.39, 0.29) is 23.3 Å². The lowest BCUT2D eigenvalue weighted by Crippen LogP contribution is -2.71. The number of β-lactam (4-membered cyclic amide) rings is 1. The van der Waals surface area contributed by atoms with Crippen molar-refractivity contribution in [2.75, 3.05) is 5.75 Å². The minimum absolute atomic E-state index is 0.0115. The molecule has 2 aromatic rings. The van der Waals surface area contributed by atoms with Gasteiger partial charge in [0.15, 0.2) is 0 Å². The number of aryl methyl sites for hydroxylation is 1. The van der Waals surface area contributed by atoms with E-state index in [2.05, 4.69) is 20.8 Å². The van der Waals surface area contributed by atoms with Crippen LogP contribution in [0.25, 0.3) is 0 Å². The summed E-state index contributed by atoms with van der Waals surface area (Å²) in [5.41, 5.74) is 0.621. The van der Waals surface area contributed by atoms with E-state index in [1.165, 1.54) is 44.4 Å². The zero-order chi connectivity index (χ0) is 21.4. The number of amides is 2. The number of hydrogen-bond acceptors (Lipinski definition) is 9. The predicted molar refractivity (Wildman–Crippen MR) is 112 cm³/mol. The molecule has 0 radical (unpaired) electrons. The van der Waals surface area contributed by atoms with E-state index in [9.17, 15) is 19.5 Å². The first-order valence-electron chi connectivity index (χ1n) is 8.98. The zero-order valence-corrected chi connectivity index (χ0v) is 18.5. The highest BCUT2D eigenvalue weighted by Gasteiger charge is 2.55. The van der Waals surface area contributed by atoms with E-state index in [0.717, 1.165) is 4.88 Å². The van der Waals surface area contributed by atoms with E-state index < -0.39 is 23.3 Å². The Bertz CT molecular complexity index is 1020. The molecule has 1 saturated heterocycles. The van der Waals surface area contributed by atoms with Gasteiger partial charge < -0.3 is 10.4 Å². The number of fused-ring (bicyclic) bond motifs is 1. The van der Waals surface area contributed by atoms with Crippen LogP contribution in [0, 0.1) is 0 Å². The van der Waals surface area contributed by atoms with Gasteiger partial charge in [0.2, 0.25) is 11.1 Å². The molecule has 30 heavy (non-hydrogen) atoms. The molecule has 0 aromatic carbocycles. The summed E-state index contributed by atoms with van der Waals surface area (Å²) in [6.45, 7) is 1.91. The molecule has 2 N–H and O–H groups in total. The average molecular weight is 467 g/mol. The second-order valence-electron chi connectivity index (χ2n) is 6.73. The highest BCUT2D eigenvalue weighted by atomic mass is 32.2. The van der Waals surface area contributed by atoms with Gasteiger partial charge in [-0.2, -0.15) is 0 Å². The molecular formula is C17H18N6O4S3. The van der Waals surface area contributed by atoms with Gasteiger partial charge in [-0.1, -0.05) is 17.8 Å². The van der Waals surface area contributed by atoms with Gasteiger partial charge in [-0.05, 0) is 34.4 Å². The number of carboxylic acid groups (broad SMARTS) is 1. The average Bonchev–Trinajstić information content (AvgIpc) is 3.36. The van der Waals surface area contributed by atoms with Crippen molar-refractivity contribution in [2.45, 2.75) is 35.2 Å². The summed E-state index contributed by atoms with van der Waals surface area (Å²) in [6, 6.07) is 3.00. The zero-order valence-electron chi connectivity index (χ0n) is 16.0. The van der Waals surface area contributed by atoms with Crippen LogP contribution in [-0.2, 0) is 27.9 Å². The first kappa shape index (κ1) is 20.9. The molecule has 2 aliphatic rings. The number of aliphatic carboxylic acids is 1. The van der Waals surface area contributed by atoms with Crippen molar-refractivity contribution < 1.29 is 19.5 Å². The highest BCUT2D eigenvalue weighted by Crippen LogP contribution is 2.45. The summed E-state index contributed by atoms with van der Waals surface area (Å²) in [6.07, 6.45) is 0.198. The Kier molecular flexibility index (Phi) is 5.84. The summed E-state index contributed by atoms with van der Waals surface area (Å²) in [5, 5.41) is 25.7. The topological polar surface area (TPSA) is 130 Å². The molecular weight excluding hydrogens is 448 g/mol. The van der Waals surface area contributed by atoms with Gasteiger partial charge in [0.25, 0.3) is 5.91 Å². The second-order valence-corrected chi connectivity index (χ2v) is 10.2. The first-order chi connectivity index (χ1) is 14.4. The molecule has 3 atom stereocenters. The number of nitrogens with zero attached hydrogens (tertiary/aromatic N) is 5. The van der Waals surface area contributed by atoms with Crippen LogP contribution < -0.4 is 5.32 Å². The van der Waals surface area contributed by atoms with Crippen molar-refractivity contribution in [1.82, 2.24) is 30.4 Å². The molecule has 13 heteroatoms. The largest absolute Gasteiger partial charge is 0.477 e. The maximum atomic E-state index is 12.7. The fourth-order valence-electron chi connectivity index (χ4n) is 3.32. The van der Waals surface area contributed by atoms with E-state index >= 15 is 0 Å². The molecule has 0 aliphatic carbocycles. The Morgan fingerprint density at radius 3 is 2.83 bits per heavy atom. The van der Waals surface area contributed by atoms with E-state index in [1.54, 1.807) is 7.05 Å². The first-order valence-corrected chi connectivity index (χ1v) is 11.8. The minimum atomic E-state index is -1.16. The van der Waals surface area contributed by atoms with Crippen LogP contribution in [0.5, 0.6) is 0 Å². The van der Waals surface area contributed by atoms with E-state index in [1.807, 2.05) is 24.4 Å². The Labute approximate surface area is 184 Å². The van der Waals surface area contributed by atoms with E-state index in [4.69, 9.17) is 0 Å². The number of carbonyl (C=O) groups is 3. The van der Waals surface area contributed by atoms with Crippen molar-refractivity contribution in [2.24, 2.45) is 7.05 Å². The maximum absolute atomic E-state index is 12.7. The number of carbonyl (C=O) groups excluding carboxylic acids is 2. The normalized spacial score (nSPS) is 23.2. The quantitative estimate of drug-likeness (QED) is 0.448. The number of thiophene rings is 1.